The van der Waals surface area contributed by atoms with Crippen molar-refractivity contribution in [3.05, 3.63) is 24.3 Å². The number of hydrogen-bond donors (Lipinski definition) is 0. The highest BCUT2D eigenvalue weighted by Crippen LogP contribution is 2.14. The number of aliphatic carboxylic acids is 1. The molecule has 2 unspecified atom stereocenters. The molecule has 0 rings (SSSR count). The monoisotopic (exact) mass is 722 g/mol. The van der Waals surface area contributed by atoms with Crippen LogP contribution < -0.4 is 5.11 Å². The summed E-state index contributed by atoms with van der Waals surface area (Å²) in [4.78, 5) is 36.6. The Labute approximate surface area is 313 Å². The number of ether oxygens (including phenoxy) is 3. The molecule has 0 aliphatic rings. The number of nitrogens with zero attached hydrogens (tertiary/aromatic N) is 1. The number of carbonyl (C=O) groups is 3. The minimum absolute atomic E-state index is 0.0426. The Bertz CT molecular complexity index is 895. The largest absolute Gasteiger partial charge is 0.544 e. The molecule has 0 heterocycles. The van der Waals surface area contributed by atoms with Gasteiger partial charge in [0.15, 0.2) is 6.10 Å². The van der Waals surface area contributed by atoms with E-state index in [0.717, 1.165) is 38.5 Å². The highest BCUT2D eigenvalue weighted by molar-refractivity contribution is 5.70. The first kappa shape index (κ1) is 48.8. The first-order valence-electron chi connectivity index (χ1n) is 20.9. The molecule has 8 heteroatoms. The highest BCUT2D eigenvalue weighted by Gasteiger charge is 2.25. The lowest BCUT2D eigenvalue weighted by Crippen LogP contribution is -2.55. The van der Waals surface area contributed by atoms with Gasteiger partial charge in [0.05, 0.1) is 40.3 Å². The summed E-state index contributed by atoms with van der Waals surface area (Å²) in [6.07, 6.45) is 36.3. The van der Waals surface area contributed by atoms with Crippen LogP contribution in [0.25, 0.3) is 0 Å². The number of unbranched alkanes of at least 4 members (excludes halogenated alkanes) is 20. The molecule has 8 nitrogen and oxygen atoms in total. The van der Waals surface area contributed by atoms with Gasteiger partial charge >= 0.3 is 11.9 Å². The van der Waals surface area contributed by atoms with E-state index in [9.17, 15) is 19.5 Å². The lowest BCUT2D eigenvalue weighted by atomic mass is 10.1. The zero-order valence-electron chi connectivity index (χ0n) is 33.8. The fourth-order valence-corrected chi connectivity index (χ4v) is 6.06. The van der Waals surface area contributed by atoms with Crippen LogP contribution in [0, 0.1) is 0 Å². The third-order valence-electron chi connectivity index (χ3n) is 9.37. The van der Waals surface area contributed by atoms with E-state index in [2.05, 4.69) is 38.2 Å². The number of rotatable bonds is 37. The summed E-state index contributed by atoms with van der Waals surface area (Å²) in [6, 6.07) is -0.722. The summed E-state index contributed by atoms with van der Waals surface area (Å²) < 4.78 is 17.1. The van der Waals surface area contributed by atoms with Crippen LogP contribution in [0.15, 0.2) is 24.3 Å². The van der Waals surface area contributed by atoms with Gasteiger partial charge in [-0.1, -0.05) is 147 Å². The average molecular weight is 722 g/mol. The highest BCUT2D eigenvalue weighted by atomic mass is 16.6. The molecular formula is C43H79NO7. The van der Waals surface area contributed by atoms with Crippen molar-refractivity contribution in [2.75, 3.05) is 41.0 Å². The fourth-order valence-electron chi connectivity index (χ4n) is 6.06. The zero-order valence-corrected chi connectivity index (χ0v) is 33.8. The van der Waals surface area contributed by atoms with Crippen molar-refractivity contribution < 1.29 is 38.2 Å². The summed E-state index contributed by atoms with van der Waals surface area (Å²) in [5, 5.41) is 11.6. The maximum absolute atomic E-state index is 12.7. The van der Waals surface area contributed by atoms with Crippen LogP contribution in [0.3, 0.4) is 0 Å². The second-order valence-electron chi connectivity index (χ2n) is 15.3. The molecule has 0 spiro atoms. The molecule has 0 fully saturated rings. The van der Waals surface area contributed by atoms with Crippen LogP contribution in [0.4, 0.5) is 0 Å². The van der Waals surface area contributed by atoms with E-state index in [1.165, 1.54) is 109 Å². The van der Waals surface area contributed by atoms with Crippen molar-refractivity contribution in [3.8, 4) is 0 Å². The molecule has 298 valence electrons. The van der Waals surface area contributed by atoms with E-state index < -0.39 is 18.1 Å². The normalized spacial score (nSPS) is 13.2. The number of esters is 2. The number of hydrogen-bond acceptors (Lipinski definition) is 7. The van der Waals surface area contributed by atoms with Crippen molar-refractivity contribution in [2.45, 2.75) is 193 Å². The summed E-state index contributed by atoms with van der Waals surface area (Å²) in [5.41, 5.74) is 0. The first-order valence-corrected chi connectivity index (χ1v) is 20.9. The maximum atomic E-state index is 12.7. The summed E-state index contributed by atoms with van der Waals surface area (Å²) in [6.45, 7) is 4.60. The van der Waals surface area contributed by atoms with Crippen molar-refractivity contribution >= 4 is 17.9 Å². The smallest absolute Gasteiger partial charge is 0.306 e. The van der Waals surface area contributed by atoms with E-state index in [0.29, 0.717) is 12.8 Å². The second-order valence-corrected chi connectivity index (χ2v) is 15.3. The summed E-state index contributed by atoms with van der Waals surface area (Å²) >= 11 is 0. The van der Waals surface area contributed by atoms with Gasteiger partial charge in [-0.15, -0.1) is 0 Å². The minimum atomic E-state index is -1.13. The Kier molecular flexibility index (Phi) is 33.4. The number of allylic oxidation sites excluding steroid dienone is 4. The van der Waals surface area contributed by atoms with Crippen LogP contribution in [0.2, 0.25) is 0 Å². The van der Waals surface area contributed by atoms with Crippen LogP contribution in [-0.4, -0.2) is 75.5 Å². The molecule has 2 atom stereocenters. The molecule has 0 aliphatic heterocycles. The van der Waals surface area contributed by atoms with Crippen LogP contribution in [-0.2, 0) is 28.6 Å². The molecule has 0 radical (unpaired) electrons. The molecular weight excluding hydrogens is 642 g/mol. The van der Waals surface area contributed by atoms with Crippen molar-refractivity contribution in [2.24, 2.45) is 0 Å². The Morgan fingerprint density at radius 3 is 1.51 bits per heavy atom. The number of carboxylic acids is 1. The van der Waals surface area contributed by atoms with Gasteiger partial charge in [0.2, 0.25) is 0 Å². The van der Waals surface area contributed by atoms with Gasteiger partial charge in [-0.05, 0) is 38.5 Å². The Morgan fingerprint density at radius 2 is 1.02 bits per heavy atom. The number of carboxylic acid groups (broad SMARTS) is 1. The molecule has 0 saturated carbocycles. The third-order valence-corrected chi connectivity index (χ3v) is 9.37. The Morgan fingerprint density at radius 1 is 0.588 bits per heavy atom. The molecule has 0 saturated heterocycles. The van der Waals surface area contributed by atoms with E-state index in [1.807, 2.05) is 0 Å². The van der Waals surface area contributed by atoms with Crippen LogP contribution >= 0.6 is 0 Å². The van der Waals surface area contributed by atoms with Gasteiger partial charge in [-0.25, -0.2) is 0 Å². The Hall–Kier alpha value is -2.19. The maximum Gasteiger partial charge on any atom is 0.306 e. The van der Waals surface area contributed by atoms with E-state index in [-0.39, 0.29) is 42.7 Å². The second kappa shape index (κ2) is 34.9. The zero-order chi connectivity index (χ0) is 37.8. The number of likely N-dealkylation sites (N-methyl/N-ethyl adjacent to an activating group) is 1. The molecule has 0 amide bonds. The fraction of sp³-hybridized carbons (Fsp3) is 0.837. The molecule has 0 bridgehead atoms. The van der Waals surface area contributed by atoms with Gasteiger partial charge in [0.25, 0.3) is 0 Å². The van der Waals surface area contributed by atoms with Gasteiger partial charge < -0.3 is 28.6 Å². The van der Waals surface area contributed by atoms with Gasteiger partial charge in [0, 0.05) is 19.3 Å². The molecule has 0 aromatic heterocycles. The van der Waals surface area contributed by atoms with Crippen molar-refractivity contribution in [1.29, 1.82) is 0 Å². The average Bonchev–Trinajstić information content (AvgIpc) is 3.08. The quantitative estimate of drug-likeness (QED) is 0.0273. The standard InChI is InChI=1S/C43H79NO7/c1-6-8-10-12-14-16-17-18-19-20-21-22-23-24-25-26-28-30-32-34-42(46)51-39(37-49-36-35-40(43(47)48)44(3,4)5)38-50-41(45)33-31-29-27-15-13-11-9-7-2/h14,16-18,39-40H,6-13,15,19-38H2,1-5H3/b16-14+,18-17+. The molecule has 51 heavy (non-hydrogen) atoms. The summed E-state index contributed by atoms with van der Waals surface area (Å²) in [7, 11) is 5.40. The Balaban J connectivity index is 4.27. The predicted molar refractivity (Wildman–Crippen MR) is 208 cm³/mol. The van der Waals surface area contributed by atoms with Gasteiger partial charge in [-0.2, -0.15) is 0 Å². The topological polar surface area (TPSA) is 102 Å². The van der Waals surface area contributed by atoms with E-state index in [1.54, 1.807) is 21.1 Å². The molecule has 0 aromatic carbocycles. The molecule has 0 aliphatic carbocycles. The third kappa shape index (κ3) is 33.4. The van der Waals surface area contributed by atoms with Crippen LogP contribution in [0.1, 0.15) is 181 Å². The minimum Gasteiger partial charge on any atom is -0.544 e. The van der Waals surface area contributed by atoms with Crippen molar-refractivity contribution in [3.63, 3.8) is 0 Å². The summed E-state index contributed by atoms with van der Waals surface area (Å²) in [5.74, 6) is -1.74. The first-order chi connectivity index (χ1) is 24.6. The number of quaternary nitrogens is 1. The molecule has 0 N–H and O–H groups in total. The van der Waals surface area contributed by atoms with Crippen LogP contribution in [0.5, 0.6) is 0 Å². The van der Waals surface area contributed by atoms with Gasteiger partial charge in [0.1, 0.15) is 12.6 Å². The predicted octanol–water partition coefficient (Wildman–Crippen LogP) is 9.58. The SMILES string of the molecule is CCCCC/C=C/C=C/CCCCCCCCCCCCC(=O)OC(COCCC(C(=O)[O-])[N+](C)(C)C)COC(=O)CCCCCCCCCC. The lowest BCUT2D eigenvalue weighted by molar-refractivity contribution is -0.889. The lowest BCUT2D eigenvalue weighted by Gasteiger charge is -2.34. The van der Waals surface area contributed by atoms with Gasteiger partial charge in [-0.3, -0.25) is 9.59 Å². The van der Waals surface area contributed by atoms with E-state index >= 15 is 0 Å². The van der Waals surface area contributed by atoms with Crippen molar-refractivity contribution in [1.82, 2.24) is 0 Å². The number of carbonyl (C=O) groups excluding carboxylic acids is 3. The molecule has 0 aromatic rings. The van der Waals surface area contributed by atoms with E-state index in [4.69, 9.17) is 14.2 Å².